The van der Waals surface area contributed by atoms with Gasteiger partial charge in [-0.1, -0.05) is 48.0 Å². The number of amides is 1. The van der Waals surface area contributed by atoms with E-state index in [1.54, 1.807) is 0 Å². The van der Waals surface area contributed by atoms with E-state index in [2.05, 4.69) is 87.8 Å². The van der Waals surface area contributed by atoms with Gasteiger partial charge in [0, 0.05) is 39.8 Å². The molecule has 2 aromatic carbocycles. The van der Waals surface area contributed by atoms with Crippen LogP contribution in [0.25, 0.3) is 10.9 Å². The van der Waals surface area contributed by atoms with Gasteiger partial charge in [-0.25, -0.2) is 0 Å². The minimum atomic E-state index is 0.167. The third-order valence-corrected chi connectivity index (χ3v) is 6.09. The summed E-state index contributed by atoms with van der Waals surface area (Å²) < 4.78 is 2.10. The van der Waals surface area contributed by atoms with E-state index in [0.29, 0.717) is 6.54 Å². The van der Waals surface area contributed by atoms with Crippen molar-refractivity contribution in [3.05, 3.63) is 65.9 Å². The molecule has 0 fully saturated rings. The Balaban J connectivity index is 1.84. The molecule has 0 N–H and O–H groups in total. The highest BCUT2D eigenvalue weighted by molar-refractivity contribution is 7.98. The van der Waals surface area contributed by atoms with Gasteiger partial charge >= 0.3 is 0 Å². The molecule has 3 rings (SSSR count). The molecule has 3 aromatic rings. The van der Waals surface area contributed by atoms with Gasteiger partial charge in [0.1, 0.15) is 6.54 Å². The molecule has 0 bridgehead atoms. The number of benzene rings is 2. The fraction of sp³-hybridized carbons (Fsp3) is 0.375. The molecule has 0 aliphatic heterocycles. The smallest absolute Gasteiger partial charge is 0.242 e. The third-order valence-electron chi connectivity index (χ3n) is 4.97. The number of carbonyl (C=O) groups excluding carboxylic acids is 1. The Morgan fingerprint density at radius 2 is 1.64 bits per heavy atom. The quantitative estimate of drug-likeness (QED) is 0.467. The molecule has 0 atom stereocenters. The summed E-state index contributed by atoms with van der Waals surface area (Å²) >= 11 is 1.83. The maximum Gasteiger partial charge on any atom is 0.242 e. The molecule has 0 unspecified atom stereocenters. The van der Waals surface area contributed by atoms with Gasteiger partial charge in [-0.05, 0) is 46.2 Å². The average molecular weight is 395 g/mol. The van der Waals surface area contributed by atoms with Crippen molar-refractivity contribution >= 4 is 28.6 Å². The van der Waals surface area contributed by atoms with Gasteiger partial charge in [-0.15, -0.1) is 11.8 Å². The second kappa shape index (κ2) is 8.87. The molecular formula is C24H30N2OS. The van der Waals surface area contributed by atoms with Crippen molar-refractivity contribution in [3.63, 3.8) is 0 Å². The van der Waals surface area contributed by atoms with Gasteiger partial charge in [-0.3, -0.25) is 4.79 Å². The van der Waals surface area contributed by atoms with Crippen LogP contribution >= 0.6 is 11.8 Å². The normalized spacial score (nSPS) is 11.5. The molecule has 0 aliphatic rings. The number of aromatic nitrogens is 1. The minimum absolute atomic E-state index is 0.167. The summed E-state index contributed by atoms with van der Waals surface area (Å²) in [6.45, 7) is 10.8. The number of fused-ring (bicyclic) bond motifs is 1. The second-order valence-corrected chi connectivity index (χ2v) is 8.92. The van der Waals surface area contributed by atoms with E-state index < -0.39 is 0 Å². The summed E-state index contributed by atoms with van der Waals surface area (Å²) in [6.07, 6.45) is 2.14. The van der Waals surface area contributed by atoms with Gasteiger partial charge in [0.25, 0.3) is 0 Å². The molecule has 1 aromatic heterocycles. The first-order chi connectivity index (χ1) is 13.4. The van der Waals surface area contributed by atoms with Gasteiger partial charge < -0.3 is 9.47 Å². The Kier molecular flexibility index (Phi) is 6.50. The lowest BCUT2D eigenvalue weighted by molar-refractivity contribution is -0.135. The van der Waals surface area contributed by atoms with Crippen molar-refractivity contribution in [2.75, 3.05) is 0 Å². The fourth-order valence-electron chi connectivity index (χ4n) is 3.70. The summed E-state index contributed by atoms with van der Waals surface area (Å²) in [4.78, 5) is 16.2. The molecule has 0 radical (unpaired) electrons. The standard InChI is InChI=1S/C24H30N2OS/c1-17(2)26(18(3)4)24(27)15-25-14-23(21-8-6-7-9-22(21)25)28-16-20-12-10-19(5)11-13-20/h6-14,17-18H,15-16H2,1-5H3. The highest BCUT2D eigenvalue weighted by Gasteiger charge is 2.21. The van der Waals surface area contributed by atoms with Crippen molar-refractivity contribution < 1.29 is 4.79 Å². The average Bonchev–Trinajstić information content (AvgIpc) is 2.98. The highest BCUT2D eigenvalue weighted by Crippen LogP contribution is 2.32. The van der Waals surface area contributed by atoms with Crippen LogP contribution in [0.2, 0.25) is 0 Å². The van der Waals surface area contributed by atoms with E-state index in [4.69, 9.17) is 0 Å². The topological polar surface area (TPSA) is 25.2 Å². The van der Waals surface area contributed by atoms with Gasteiger partial charge in [0.15, 0.2) is 0 Å². The highest BCUT2D eigenvalue weighted by atomic mass is 32.2. The Morgan fingerprint density at radius 3 is 2.29 bits per heavy atom. The lowest BCUT2D eigenvalue weighted by Crippen LogP contribution is -2.43. The van der Waals surface area contributed by atoms with Crippen LogP contribution in [0.5, 0.6) is 0 Å². The number of rotatable bonds is 7. The number of hydrogen-bond acceptors (Lipinski definition) is 2. The second-order valence-electron chi connectivity index (χ2n) is 7.90. The van der Waals surface area contributed by atoms with E-state index >= 15 is 0 Å². The first-order valence-corrected chi connectivity index (χ1v) is 10.9. The Bertz CT molecular complexity index is 933. The van der Waals surface area contributed by atoms with Crippen LogP contribution in [0.1, 0.15) is 38.8 Å². The molecule has 148 valence electrons. The van der Waals surface area contributed by atoms with Crippen LogP contribution in [0.4, 0.5) is 0 Å². The lowest BCUT2D eigenvalue weighted by Gasteiger charge is -2.31. The third kappa shape index (κ3) is 4.61. The molecule has 1 amide bonds. The van der Waals surface area contributed by atoms with E-state index in [1.165, 1.54) is 21.4 Å². The van der Waals surface area contributed by atoms with E-state index in [1.807, 2.05) is 22.7 Å². The van der Waals surface area contributed by atoms with Crippen LogP contribution in [0.3, 0.4) is 0 Å². The summed E-state index contributed by atoms with van der Waals surface area (Å²) in [5.41, 5.74) is 3.72. The first-order valence-electron chi connectivity index (χ1n) is 9.94. The largest absolute Gasteiger partial charge is 0.337 e. The minimum Gasteiger partial charge on any atom is -0.337 e. The first kappa shape index (κ1) is 20.5. The molecular weight excluding hydrogens is 364 g/mol. The predicted octanol–water partition coefficient (Wildman–Crippen LogP) is 5.89. The van der Waals surface area contributed by atoms with Crippen LogP contribution < -0.4 is 0 Å². The SMILES string of the molecule is Cc1ccc(CSc2cn(CC(=O)N(C(C)C)C(C)C)c3ccccc23)cc1. The molecule has 4 heteroatoms. The molecule has 28 heavy (non-hydrogen) atoms. The number of nitrogens with zero attached hydrogens (tertiary/aromatic N) is 2. The van der Waals surface area contributed by atoms with Crippen molar-refractivity contribution in [1.82, 2.24) is 9.47 Å². The van der Waals surface area contributed by atoms with Crippen LogP contribution in [0, 0.1) is 6.92 Å². The maximum atomic E-state index is 13.0. The van der Waals surface area contributed by atoms with Crippen molar-refractivity contribution in [2.24, 2.45) is 0 Å². The zero-order valence-electron chi connectivity index (χ0n) is 17.5. The number of carbonyl (C=O) groups is 1. The summed E-state index contributed by atoms with van der Waals surface area (Å²) in [6, 6.07) is 17.5. The van der Waals surface area contributed by atoms with Crippen LogP contribution in [0.15, 0.2) is 59.6 Å². The summed E-state index contributed by atoms with van der Waals surface area (Å²) in [7, 11) is 0. The fourth-order valence-corrected chi connectivity index (χ4v) is 4.75. The van der Waals surface area contributed by atoms with Gasteiger partial charge in [0.05, 0.1) is 0 Å². The Hall–Kier alpha value is -2.20. The predicted molar refractivity (Wildman–Crippen MR) is 120 cm³/mol. The molecule has 0 saturated heterocycles. The van der Waals surface area contributed by atoms with Crippen molar-refractivity contribution in [3.8, 4) is 0 Å². The van der Waals surface area contributed by atoms with E-state index in [0.717, 1.165) is 11.3 Å². The van der Waals surface area contributed by atoms with E-state index in [9.17, 15) is 4.79 Å². The van der Waals surface area contributed by atoms with Crippen LogP contribution in [-0.2, 0) is 17.1 Å². The van der Waals surface area contributed by atoms with E-state index in [-0.39, 0.29) is 18.0 Å². The maximum absolute atomic E-state index is 13.0. The number of thioether (sulfide) groups is 1. The zero-order chi connectivity index (χ0) is 20.3. The molecule has 1 heterocycles. The number of aryl methyl sites for hydroxylation is 1. The van der Waals surface area contributed by atoms with Crippen LogP contribution in [-0.4, -0.2) is 27.5 Å². The Labute approximate surface area is 172 Å². The summed E-state index contributed by atoms with van der Waals surface area (Å²) in [5.74, 6) is 1.09. The number of hydrogen-bond donors (Lipinski definition) is 0. The zero-order valence-corrected chi connectivity index (χ0v) is 18.3. The molecule has 3 nitrogen and oxygen atoms in total. The summed E-state index contributed by atoms with van der Waals surface area (Å²) in [5, 5.41) is 1.22. The van der Waals surface area contributed by atoms with Crippen molar-refractivity contribution in [1.29, 1.82) is 0 Å². The monoisotopic (exact) mass is 394 g/mol. The Morgan fingerprint density at radius 1 is 1.00 bits per heavy atom. The molecule has 0 saturated carbocycles. The van der Waals surface area contributed by atoms with Crippen molar-refractivity contribution in [2.45, 2.75) is 63.9 Å². The lowest BCUT2D eigenvalue weighted by atomic mass is 10.2. The van der Waals surface area contributed by atoms with Gasteiger partial charge in [-0.2, -0.15) is 0 Å². The molecule has 0 aliphatic carbocycles. The molecule has 0 spiro atoms. The van der Waals surface area contributed by atoms with Gasteiger partial charge in [0.2, 0.25) is 5.91 Å². The number of para-hydroxylation sites is 1.